The van der Waals surface area contributed by atoms with Crippen LogP contribution in [-0.2, 0) is 14.0 Å². The van der Waals surface area contributed by atoms with Crippen LogP contribution in [0.2, 0.25) is 18.1 Å². The normalized spacial score (nSPS) is 15.6. The predicted molar refractivity (Wildman–Crippen MR) is 97.0 cm³/mol. The molecular weight excluding hydrogens is 308 g/mol. The molecule has 0 bridgehead atoms. The molecule has 0 fully saturated rings. The van der Waals surface area contributed by atoms with Crippen molar-refractivity contribution >= 4 is 20.4 Å². The molecular formula is C18H34O4Si. The van der Waals surface area contributed by atoms with Gasteiger partial charge in [0, 0.05) is 0 Å². The highest BCUT2D eigenvalue weighted by molar-refractivity contribution is 6.74. The molecule has 23 heavy (non-hydrogen) atoms. The van der Waals surface area contributed by atoms with E-state index in [-0.39, 0.29) is 16.9 Å². The van der Waals surface area contributed by atoms with Gasteiger partial charge in [0.25, 0.3) is 0 Å². The summed E-state index contributed by atoms with van der Waals surface area (Å²) in [7, 11) is -2.04. The van der Waals surface area contributed by atoms with Crippen LogP contribution in [0.1, 0.15) is 59.8 Å². The van der Waals surface area contributed by atoms with Gasteiger partial charge >= 0.3 is 0 Å². The molecule has 0 saturated carbocycles. The fourth-order valence-corrected chi connectivity index (χ4v) is 3.28. The summed E-state index contributed by atoms with van der Waals surface area (Å²) in [6.45, 7) is 12.5. The second-order valence-electron chi connectivity index (χ2n) is 7.75. The monoisotopic (exact) mass is 342 g/mol. The van der Waals surface area contributed by atoms with Gasteiger partial charge in [-0.05, 0) is 50.0 Å². The third-order valence-corrected chi connectivity index (χ3v) is 8.97. The van der Waals surface area contributed by atoms with E-state index in [1.807, 2.05) is 0 Å². The molecule has 0 amide bonds. The first-order chi connectivity index (χ1) is 10.5. The van der Waals surface area contributed by atoms with E-state index in [2.05, 4.69) is 33.9 Å². The number of ketones is 1. The Morgan fingerprint density at radius 1 is 1.17 bits per heavy atom. The minimum atomic E-state index is -2.04. The Bertz CT molecular complexity index is 394. The van der Waals surface area contributed by atoms with Crippen LogP contribution in [0, 0.1) is 0 Å². The number of aldehydes is 1. The fraction of sp³-hybridized carbons (Fsp3) is 0.778. The third kappa shape index (κ3) is 9.18. The first-order valence-corrected chi connectivity index (χ1v) is 11.4. The largest absolute Gasteiger partial charge is 0.407 e. The van der Waals surface area contributed by atoms with Crippen molar-refractivity contribution in [2.75, 3.05) is 0 Å². The van der Waals surface area contributed by atoms with Gasteiger partial charge in [-0.25, -0.2) is 0 Å². The van der Waals surface area contributed by atoms with Crippen LogP contribution in [0.5, 0.6) is 0 Å². The maximum atomic E-state index is 12.3. The molecule has 0 aromatic heterocycles. The topological polar surface area (TPSA) is 63.6 Å². The number of unbranched alkanes of at least 4 members (excludes halogenated alkanes) is 2. The van der Waals surface area contributed by atoms with Gasteiger partial charge in [-0.3, -0.25) is 9.59 Å². The van der Waals surface area contributed by atoms with Gasteiger partial charge in [-0.1, -0.05) is 40.0 Å². The molecule has 0 radical (unpaired) electrons. The summed E-state index contributed by atoms with van der Waals surface area (Å²) in [5.74, 6) is -0.127. The van der Waals surface area contributed by atoms with Crippen LogP contribution >= 0.6 is 0 Å². The summed E-state index contributed by atoms with van der Waals surface area (Å²) in [5, 5.41) is 9.31. The second-order valence-corrected chi connectivity index (χ2v) is 12.5. The minimum Gasteiger partial charge on any atom is -0.407 e. The van der Waals surface area contributed by atoms with E-state index in [0.29, 0.717) is 12.7 Å². The van der Waals surface area contributed by atoms with E-state index in [1.165, 1.54) is 12.2 Å². The van der Waals surface area contributed by atoms with E-state index in [9.17, 15) is 14.7 Å². The summed E-state index contributed by atoms with van der Waals surface area (Å²) in [6.07, 6.45) is 6.66. The molecule has 0 heterocycles. The maximum Gasteiger partial charge on any atom is 0.193 e. The molecule has 0 spiro atoms. The molecule has 0 rings (SSSR count). The van der Waals surface area contributed by atoms with E-state index in [0.717, 1.165) is 25.7 Å². The number of aliphatic hydroxyl groups is 1. The quantitative estimate of drug-likeness (QED) is 0.266. The highest BCUT2D eigenvalue weighted by atomic mass is 28.4. The molecule has 0 aliphatic rings. The van der Waals surface area contributed by atoms with Gasteiger partial charge in [0.15, 0.2) is 14.1 Å². The molecule has 0 aliphatic carbocycles. The van der Waals surface area contributed by atoms with Crippen molar-refractivity contribution < 1.29 is 19.1 Å². The third-order valence-electron chi connectivity index (χ3n) is 4.49. The summed E-state index contributed by atoms with van der Waals surface area (Å²) in [6, 6.07) is 0. The highest BCUT2D eigenvalue weighted by Gasteiger charge is 2.40. The van der Waals surface area contributed by atoms with E-state index >= 15 is 0 Å². The van der Waals surface area contributed by atoms with Gasteiger partial charge in [-0.2, -0.15) is 0 Å². The van der Waals surface area contributed by atoms with Crippen molar-refractivity contribution in [2.45, 2.75) is 90.1 Å². The number of carbonyl (C=O) groups excluding carboxylic acids is 2. The molecule has 0 aromatic carbocycles. The molecule has 2 atom stereocenters. The van der Waals surface area contributed by atoms with Crippen molar-refractivity contribution in [1.82, 2.24) is 0 Å². The van der Waals surface area contributed by atoms with E-state index in [1.54, 1.807) is 6.92 Å². The van der Waals surface area contributed by atoms with E-state index < -0.39 is 14.4 Å². The standard InChI is InChI=1S/C18H34O4Si/c1-15(20)11-8-7-9-13-17(16(21)12-10-14-19)22-23(5,6)18(2,3)4/h10,12,14-15,17,20H,7-9,11,13H2,1-6H3/b12-10+/t15-,17+/m0/s1. The maximum absolute atomic E-state index is 12.3. The van der Waals surface area contributed by atoms with Crippen LogP contribution in [0.4, 0.5) is 0 Å². The molecule has 134 valence electrons. The zero-order valence-corrected chi connectivity index (χ0v) is 16.6. The first kappa shape index (κ1) is 22.2. The Hall–Kier alpha value is -0.783. The summed E-state index contributed by atoms with van der Waals surface area (Å²) in [4.78, 5) is 22.7. The zero-order chi connectivity index (χ0) is 18.1. The lowest BCUT2D eigenvalue weighted by Crippen LogP contribution is -2.45. The van der Waals surface area contributed by atoms with Crippen molar-refractivity contribution in [3.63, 3.8) is 0 Å². The van der Waals surface area contributed by atoms with Crippen LogP contribution in [-0.4, -0.2) is 37.7 Å². The molecule has 5 heteroatoms. The number of hydrogen-bond donors (Lipinski definition) is 1. The Morgan fingerprint density at radius 2 is 1.74 bits per heavy atom. The Balaban J connectivity index is 4.73. The Morgan fingerprint density at radius 3 is 2.22 bits per heavy atom. The average Bonchev–Trinajstić information content (AvgIpc) is 2.41. The van der Waals surface area contributed by atoms with Gasteiger partial charge < -0.3 is 9.53 Å². The highest BCUT2D eigenvalue weighted by Crippen LogP contribution is 2.38. The molecule has 0 saturated heterocycles. The number of allylic oxidation sites excluding steroid dienone is 1. The van der Waals surface area contributed by atoms with Crippen molar-refractivity contribution in [3.05, 3.63) is 12.2 Å². The van der Waals surface area contributed by atoms with Crippen LogP contribution in [0.3, 0.4) is 0 Å². The number of aliphatic hydroxyl groups excluding tert-OH is 1. The zero-order valence-electron chi connectivity index (χ0n) is 15.6. The van der Waals surface area contributed by atoms with Gasteiger partial charge in [0.2, 0.25) is 0 Å². The SMILES string of the molecule is C[C@H](O)CCCCC[C@@H](O[Si](C)(C)C(C)(C)C)C(=O)/C=C/C=O. The second kappa shape index (κ2) is 10.2. The number of carbonyl (C=O) groups is 2. The van der Waals surface area contributed by atoms with Crippen LogP contribution < -0.4 is 0 Å². The fourth-order valence-electron chi connectivity index (χ4n) is 1.98. The summed E-state index contributed by atoms with van der Waals surface area (Å²) < 4.78 is 6.26. The molecule has 0 aromatic rings. The predicted octanol–water partition coefficient (Wildman–Crippen LogP) is 4.03. The number of rotatable bonds is 11. The molecule has 0 unspecified atom stereocenters. The molecule has 1 N–H and O–H groups in total. The lowest BCUT2D eigenvalue weighted by Gasteiger charge is -2.38. The Kier molecular flexibility index (Phi) is 9.81. The lowest BCUT2D eigenvalue weighted by molar-refractivity contribution is -0.122. The van der Waals surface area contributed by atoms with Crippen molar-refractivity contribution in [1.29, 1.82) is 0 Å². The minimum absolute atomic E-state index is 0.0340. The Labute approximate surface area is 142 Å². The van der Waals surface area contributed by atoms with Crippen molar-refractivity contribution in [3.8, 4) is 0 Å². The smallest absolute Gasteiger partial charge is 0.193 e. The van der Waals surface area contributed by atoms with Gasteiger partial charge in [0.05, 0.1) is 6.10 Å². The van der Waals surface area contributed by atoms with Gasteiger partial charge in [0.1, 0.15) is 12.4 Å². The summed E-state index contributed by atoms with van der Waals surface area (Å²) >= 11 is 0. The molecule has 0 aliphatic heterocycles. The molecule has 4 nitrogen and oxygen atoms in total. The first-order valence-electron chi connectivity index (χ1n) is 8.53. The van der Waals surface area contributed by atoms with Gasteiger partial charge in [-0.15, -0.1) is 0 Å². The van der Waals surface area contributed by atoms with Crippen LogP contribution in [0.15, 0.2) is 12.2 Å². The average molecular weight is 343 g/mol. The van der Waals surface area contributed by atoms with E-state index in [4.69, 9.17) is 4.43 Å². The summed E-state index contributed by atoms with van der Waals surface area (Å²) in [5.41, 5.74) is 0. The van der Waals surface area contributed by atoms with Crippen molar-refractivity contribution in [2.24, 2.45) is 0 Å². The number of hydrogen-bond acceptors (Lipinski definition) is 4. The van der Waals surface area contributed by atoms with Crippen LogP contribution in [0.25, 0.3) is 0 Å². The lowest BCUT2D eigenvalue weighted by atomic mass is 10.0.